The van der Waals surface area contributed by atoms with Gasteiger partial charge < -0.3 is 15.2 Å². The van der Waals surface area contributed by atoms with E-state index in [4.69, 9.17) is 0 Å². The van der Waals surface area contributed by atoms with E-state index < -0.39 is 29.1 Å². The van der Waals surface area contributed by atoms with Gasteiger partial charge in [0.1, 0.15) is 5.57 Å². The first kappa shape index (κ1) is 16.3. The van der Waals surface area contributed by atoms with E-state index in [0.29, 0.717) is 0 Å². The molecule has 0 saturated heterocycles. The Labute approximate surface area is 127 Å². The second-order valence-electron chi connectivity index (χ2n) is 4.31. The third kappa shape index (κ3) is 2.54. The van der Waals surface area contributed by atoms with Crippen molar-refractivity contribution in [3.05, 3.63) is 22.9 Å². The zero-order valence-electron chi connectivity index (χ0n) is 11.6. The molecule has 1 aliphatic rings. The number of carbonyl (C=O) groups excluding carboxylic acids is 1. The number of hydrogen-bond acceptors (Lipinski definition) is 7. The highest BCUT2D eigenvalue weighted by Gasteiger charge is 2.63. The fraction of sp³-hybridized carbons (Fsp3) is 0.417. The average molecular weight is 335 g/mol. The lowest BCUT2D eigenvalue weighted by atomic mass is 10.1. The average Bonchev–Trinajstić information content (AvgIpc) is 2.97. The number of halogens is 3. The molecule has 2 N–H and O–H groups in total. The zero-order chi connectivity index (χ0) is 16.5. The number of aliphatic hydroxyl groups excluding tert-OH is 1. The predicted octanol–water partition coefficient (Wildman–Crippen LogP) is 2.66. The molecule has 2 rings (SSSR count). The van der Waals surface area contributed by atoms with E-state index in [-0.39, 0.29) is 17.5 Å². The van der Waals surface area contributed by atoms with E-state index in [1.807, 2.05) is 0 Å². The highest BCUT2D eigenvalue weighted by molar-refractivity contribution is 7.13. The van der Waals surface area contributed by atoms with Crippen LogP contribution >= 0.6 is 11.3 Å². The van der Waals surface area contributed by atoms with E-state index in [2.05, 4.69) is 20.0 Å². The van der Waals surface area contributed by atoms with Crippen molar-refractivity contribution in [3.8, 4) is 0 Å². The standard InChI is InChI=1S/C12H12F3N3O3S/c1-3-21-9(20)7-6(2)17-11(8(7)19,12(13,14)15)18-10-16-4-5-22-10/h4-5,19H,3H2,1-2H3,(H,16,18)/t11-/m1/s1. The molecule has 1 aliphatic heterocycles. The van der Waals surface area contributed by atoms with Gasteiger partial charge in [-0.05, 0) is 13.8 Å². The maximum atomic E-state index is 13.5. The van der Waals surface area contributed by atoms with Crippen LogP contribution in [0.25, 0.3) is 0 Å². The van der Waals surface area contributed by atoms with Crippen molar-refractivity contribution in [3.63, 3.8) is 0 Å². The van der Waals surface area contributed by atoms with Crippen molar-refractivity contribution < 1.29 is 27.8 Å². The number of hydrogen-bond donors (Lipinski definition) is 2. The van der Waals surface area contributed by atoms with Crippen molar-refractivity contribution in [2.75, 3.05) is 11.9 Å². The Morgan fingerprint density at radius 3 is 2.73 bits per heavy atom. The van der Waals surface area contributed by atoms with Crippen LogP contribution in [-0.4, -0.2) is 40.2 Å². The number of carbonyl (C=O) groups is 1. The normalized spacial score (nSPS) is 21.8. The number of aromatic nitrogens is 1. The van der Waals surface area contributed by atoms with Crippen LogP contribution in [0.3, 0.4) is 0 Å². The summed E-state index contributed by atoms with van der Waals surface area (Å²) >= 11 is 0.906. The molecule has 0 saturated carbocycles. The van der Waals surface area contributed by atoms with Crippen LogP contribution in [0.2, 0.25) is 0 Å². The summed E-state index contributed by atoms with van der Waals surface area (Å²) in [7, 11) is 0. The quantitative estimate of drug-likeness (QED) is 0.827. The third-order valence-corrected chi connectivity index (χ3v) is 3.58. The lowest BCUT2D eigenvalue weighted by Gasteiger charge is -2.29. The number of thiazole rings is 1. The Morgan fingerprint density at radius 2 is 2.23 bits per heavy atom. The van der Waals surface area contributed by atoms with Crippen LogP contribution in [0.5, 0.6) is 0 Å². The molecule has 0 spiro atoms. The summed E-state index contributed by atoms with van der Waals surface area (Å²) in [5.74, 6) is -2.31. The smallest absolute Gasteiger partial charge is 0.440 e. The molecule has 6 nitrogen and oxygen atoms in total. The molecule has 1 atom stereocenters. The van der Waals surface area contributed by atoms with E-state index in [1.165, 1.54) is 25.4 Å². The van der Waals surface area contributed by atoms with Gasteiger partial charge in [-0.1, -0.05) is 0 Å². The number of ether oxygens (including phenoxy) is 1. The summed E-state index contributed by atoms with van der Waals surface area (Å²) in [6, 6.07) is 0. The van der Waals surface area contributed by atoms with Crippen molar-refractivity contribution in [1.82, 2.24) is 4.98 Å². The summed E-state index contributed by atoms with van der Waals surface area (Å²) < 4.78 is 45.2. The molecule has 0 unspecified atom stereocenters. The van der Waals surface area contributed by atoms with Crippen molar-refractivity contribution in [2.45, 2.75) is 25.7 Å². The number of alkyl halides is 3. The lowest BCUT2D eigenvalue weighted by Crippen LogP contribution is -2.51. The fourth-order valence-corrected chi connectivity index (χ4v) is 2.53. The maximum absolute atomic E-state index is 13.5. The summed E-state index contributed by atoms with van der Waals surface area (Å²) in [5, 5.41) is 13.5. The summed E-state index contributed by atoms with van der Waals surface area (Å²) in [5.41, 5.74) is -4.00. The number of nitrogens with zero attached hydrogens (tertiary/aromatic N) is 2. The minimum Gasteiger partial charge on any atom is -0.507 e. The second-order valence-corrected chi connectivity index (χ2v) is 5.21. The zero-order valence-corrected chi connectivity index (χ0v) is 12.4. The van der Waals surface area contributed by atoms with E-state index >= 15 is 0 Å². The number of aliphatic imine (C=N–C) groups is 1. The molecule has 0 aromatic carbocycles. The van der Waals surface area contributed by atoms with Gasteiger partial charge in [-0.2, -0.15) is 13.2 Å². The van der Waals surface area contributed by atoms with E-state index in [0.717, 1.165) is 11.3 Å². The third-order valence-electron chi connectivity index (χ3n) is 2.89. The predicted molar refractivity (Wildman–Crippen MR) is 73.9 cm³/mol. The molecule has 22 heavy (non-hydrogen) atoms. The summed E-state index contributed by atoms with van der Waals surface area (Å²) in [6.45, 7) is 2.66. The number of nitrogens with one attached hydrogen (secondary N) is 1. The molecule has 0 bridgehead atoms. The molecular weight excluding hydrogens is 323 g/mol. The van der Waals surface area contributed by atoms with Gasteiger partial charge in [-0.3, -0.25) is 0 Å². The highest BCUT2D eigenvalue weighted by atomic mass is 32.1. The monoisotopic (exact) mass is 335 g/mol. The number of aliphatic hydroxyl groups is 1. The van der Waals surface area contributed by atoms with Crippen molar-refractivity contribution in [2.24, 2.45) is 4.99 Å². The van der Waals surface area contributed by atoms with Gasteiger partial charge in [-0.15, -0.1) is 11.3 Å². The van der Waals surface area contributed by atoms with Crippen LogP contribution < -0.4 is 5.32 Å². The van der Waals surface area contributed by atoms with Gasteiger partial charge in [0, 0.05) is 11.6 Å². The largest absolute Gasteiger partial charge is 0.507 e. The first-order valence-corrected chi connectivity index (χ1v) is 7.03. The van der Waals surface area contributed by atoms with Crippen LogP contribution in [-0.2, 0) is 9.53 Å². The number of anilines is 1. The molecule has 0 aliphatic carbocycles. The van der Waals surface area contributed by atoms with Crippen LogP contribution in [0.1, 0.15) is 13.8 Å². The van der Waals surface area contributed by atoms with Crippen LogP contribution in [0, 0.1) is 0 Å². The molecule has 0 fully saturated rings. The van der Waals surface area contributed by atoms with Gasteiger partial charge in [0.25, 0.3) is 5.66 Å². The first-order chi connectivity index (χ1) is 10.2. The minimum atomic E-state index is -4.99. The lowest BCUT2D eigenvalue weighted by molar-refractivity contribution is -0.172. The second kappa shape index (κ2) is 5.59. The molecule has 0 radical (unpaired) electrons. The summed E-state index contributed by atoms with van der Waals surface area (Å²) in [4.78, 5) is 18.9. The van der Waals surface area contributed by atoms with Gasteiger partial charge >= 0.3 is 12.1 Å². The molecule has 1 aromatic rings. The topological polar surface area (TPSA) is 83.8 Å². The van der Waals surface area contributed by atoms with Crippen molar-refractivity contribution in [1.29, 1.82) is 0 Å². The van der Waals surface area contributed by atoms with Crippen LogP contribution in [0.15, 0.2) is 27.9 Å². The SMILES string of the molecule is CCOC(=O)C1=C(O)[C@@](Nc2nccs2)(C(F)(F)F)N=C1C. The Bertz CT molecular complexity index is 640. The van der Waals surface area contributed by atoms with Gasteiger partial charge in [0.2, 0.25) is 0 Å². The Morgan fingerprint density at radius 1 is 1.55 bits per heavy atom. The molecule has 2 heterocycles. The number of esters is 1. The Hall–Kier alpha value is -2.10. The van der Waals surface area contributed by atoms with Gasteiger partial charge in [0.15, 0.2) is 10.9 Å². The molecule has 120 valence electrons. The minimum absolute atomic E-state index is 0.0399. The van der Waals surface area contributed by atoms with Crippen LogP contribution in [0.4, 0.5) is 18.3 Å². The number of rotatable bonds is 4. The van der Waals surface area contributed by atoms with Crippen molar-refractivity contribution >= 4 is 28.1 Å². The maximum Gasteiger partial charge on any atom is 0.440 e. The highest BCUT2D eigenvalue weighted by Crippen LogP contribution is 2.44. The van der Waals surface area contributed by atoms with Gasteiger partial charge in [-0.25, -0.2) is 14.8 Å². The first-order valence-electron chi connectivity index (χ1n) is 6.15. The molecule has 0 amide bonds. The van der Waals surface area contributed by atoms with E-state index in [9.17, 15) is 23.1 Å². The molecule has 10 heteroatoms. The fourth-order valence-electron chi connectivity index (χ4n) is 1.96. The Kier molecular flexibility index (Phi) is 4.14. The van der Waals surface area contributed by atoms with E-state index in [1.54, 1.807) is 0 Å². The molecular formula is C12H12F3N3O3S. The molecule has 1 aromatic heterocycles. The summed E-state index contributed by atoms with van der Waals surface area (Å²) in [6.07, 6.45) is -3.69. The Balaban J connectivity index is 2.54. The van der Waals surface area contributed by atoms with Gasteiger partial charge in [0.05, 0.1) is 12.3 Å².